The van der Waals surface area contributed by atoms with Crippen LogP contribution in [0.15, 0.2) is 12.1 Å². The van der Waals surface area contributed by atoms with Gasteiger partial charge in [0, 0.05) is 38.4 Å². The van der Waals surface area contributed by atoms with Gasteiger partial charge < -0.3 is 14.5 Å². The maximum atomic E-state index is 12.2. The zero-order valence-corrected chi connectivity index (χ0v) is 16.8. The molecule has 0 N–H and O–H groups in total. The Morgan fingerprint density at radius 2 is 1.88 bits per heavy atom. The summed E-state index contributed by atoms with van der Waals surface area (Å²) in [6.07, 6.45) is 2.51. The van der Waals surface area contributed by atoms with Gasteiger partial charge in [-0.2, -0.15) is 0 Å². The summed E-state index contributed by atoms with van der Waals surface area (Å²) in [5, 5.41) is 0. The standard InChI is InChI=1S/C20H29N3O3/c1-13-12-16(18(24)22(6)7)21-14(2)17(13)15-8-10-23(11-9-15)19(25)26-20(3,4)5/h8,12H,9-11H2,1-7H3. The number of aryl methyl sites for hydroxylation is 2. The van der Waals surface area contributed by atoms with Gasteiger partial charge in [0.05, 0.1) is 0 Å². The number of pyridine rings is 1. The molecule has 0 saturated heterocycles. The highest BCUT2D eigenvalue weighted by Crippen LogP contribution is 2.28. The number of nitrogens with zero attached hydrogens (tertiary/aromatic N) is 3. The van der Waals surface area contributed by atoms with Gasteiger partial charge in [0.1, 0.15) is 11.3 Å². The first-order chi connectivity index (χ1) is 12.0. The van der Waals surface area contributed by atoms with E-state index < -0.39 is 5.60 Å². The van der Waals surface area contributed by atoms with Gasteiger partial charge >= 0.3 is 6.09 Å². The number of hydrogen-bond acceptors (Lipinski definition) is 4. The monoisotopic (exact) mass is 359 g/mol. The van der Waals surface area contributed by atoms with Crippen LogP contribution >= 0.6 is 0 Å². The van der Waals surface area contributed by atoms with Crippen molar-refractivity contribution in [3.8, 4) is 0 Å². The van der Waals surface area contributed by atoms with Gasteiger partial charge in [0.25, 0.3) is 5.91 Å². The molecular formula is C20H29N3O3. The van der Waals surface area contributed by atoms with Crippen molar-refractivity contribution in [2.24, 2.45) is 0 Å². The quantitative estimate of drug-likeness (QED) is 0.812. The van der Waals surface area contributed by atoms with Gasteiger partial charge in [-0.3, -0.25) is 4.79 Å². The van der Waals surface area contributed by atoms with E-state index in [1.807, 2.05) is 40.7 Å². The molecule has 6 heteroatoms. The number of ether oxygens (including phenoxy) is 1. The SMILES string of the molecule is Cc1cc(C(=O)N(C)C)nc(C)c1C1=CCN(C(=O)OC(C)(C)C)CC1. The fraction of sp³-hybridized carbons (Fsp3) is 0.550. The van der Waals surface area contributed by atoms with Crippen molar-refractivity contribution >= 4 is 17.6 Å². The molecule has 2 rings (SSSR count). The number of amides is 2. The molecule has 0 atom stereocenters. The maximum absolute atomic E-state index is 12.2. The Labute approximate surface area is 155 Å². The van der Waals surface area contributed by atoms with Crippen molar-refractivity contribution in [3.63, 3.8) is 0 Å². The van der Waals surface area contributed by atoms with Gasteiger partial charge in [0.2, 0.25) is 0 Å². The van der Waals surface area contributed by atoms with Crippen LogP contribution in [0.5, 0.6) is 0 Å². The average Bonchev–Trinajstić information content (AvgIpc) is 2.52. The zero-order chi connectivity index (χ0) is 19.6. The van der Waals surface area contributed by atoms with Crippen molar-refractivity contribution in [1.29, 1.82) is 0 Å². The van der Waals surface area contributed by atoms with Gasteiger partial charge in [-0.15, -0.1) is 0 Å². The van der Waals surface area contributed by atoms with E-state index in [1.54, 1.807) is 19.0 Å². The van der Waals surface area contributed by atoms with E-state index in [2.05, 4.69) is 11.1 Å². The Morgan fingerprint density at radius 3 is 2.35 bits per heavy atom. The average molecular weight is 359 g/mol. The third-order valence-corrected chi connectivity index (χ3v) is 4.20. The summed E-state index contributed by atoms with van der Waals surface area (Å²) >= 11 is 0. The van der Waals surface area contributed by atoms with E-state index in [-0.39, 0.29) is 12.0 Å². The minimum absolute atomic E-state index is 0.100. The fourth-order valence-corrected chi connectivity index (χ4v) is 3.04. The molecule has 1 aliphatic rings. The molecule has 6 nitrogen and oxygen atoms in total. The van der Waals surface area contributed by atoms with E-state index in [0.717, 1.165) is 28.8 Å². The Balaban J connectivity index is 2.20. The van der Waals surface area contributed by atoms with E-state index in [4.69, 9.17) is 4.74 Å². The molecule has 1 aromatic rings. The molecular weight excluding hydrogens is 330 g/mol. The molecule has 2 heterocycles. The Bertz CT molecular complexity index is 722. The summed E-state index contributed by atoms with van der Waals surface area (Å²) in [7, 11) is 3.44. The third-order valence-electron chi connectivity index (χ3n) is 4.20. The minimum atomic E-state index is -0.493. The molecule has 0 fully saturated rings. The first-order valence-corrected chi connectivity index (χ1v) is 8.87. The van der Waals surface area contributed by atoms with Crippen LogP contribution in [0, 0.1) is 13.8 Å². The minimum Gasteiger partial charge on any atom is -0.444 e. The predicted molar refractivity (Wildman–Crippen MR) is 102 cm³/mol. The summed E-state index contributed by atoms with van der Waals surface area (Å²) < 4.78 is 5.43. The van der Waals surface area contributed by atoms with Crippen molar-refractivity contribution in [2.75, 3.05) is 27.2 Å². The van der Waals surface area contributed by atoms with Crippen molar-refractivity contribution in [1.82, 2.24) is 14.8 Å². The summed E-state index contributed by atoms with van der Waals surface area (Å²) in [6.45, 7) is 10.6. The molecule has 2 amide bonds. The summed E-state index contributed by atoms with van der Waals surface area (Å²) in [4.78, 5) is 32.1. The number of carbonyl (C=O) groups is 2. The molecule has 1 aliphatic heterocycles. The summed E-state index contributed by atoms with van der Waals surface area (Å²) in [5.41, 5.74) is 4.07. The molecule has 0 bridgehead atoms. The second-order valence-electron chi connectivity index (χ2n) is 7.89. The van der Waals surface area contributed by atoms with E-state index in [9.17, 15) is 9.59 Å². The molecule has 0 unspecified atom stereocenters. The number of rotatable bonds is 2. The fourth-order valence-electron chi connectivity index (χ4n) is 3.04. The molecule has 0 spiro atoms. The first-order valence-electron chi connectivity index (χ1n) is 8.87. The van der Waals surface area contributed by atoms with Gasteiger partial charge in [-0.05, 0) is 58.2 Å². The molecule has 26 heavy (non-hydrogen) atoms. The highest BCUT2D eigenvalue weighted by Gasteiger charge is 2.25. The van der Waals surface area contributed by atoms with E-state index in [0.29, 0.717) is 18.8 Å². The van der Waals surface area contributed by atoms with Crippen LogP contribution in [-0.4, -0.2) is 59.6 Å². The molecule has 0 radical (unpaired) electrons. The Hall–Kier alpha value is -2.37. The van der Waals surface area contributed by atoms with Gasteiger partial charge in [-0.1, -0.05) is 6.08 Å². The second-order valence-corrected chi connectivity index (χ2v) is 7.89. The predicted octanol–water partition coefficient (Wildman–Crippen LogP) is 3.42. The van der Waals surface area contributed by atoms with Crippen LogP contribution in [0.25, 0.3) is 5.57 Å². The lowest BCUT2D eigenvalue weighted by Gasteiger charge is -2.30. The van der Waals surface area contributed by atoms with Crippen molar-refractivity contribution in [2.45, 2.75) is 46.6 Å². The highest BCUT2D eigenvalue weighted by atomic mass is 16.6. The summed E-state index contributed by atoms with van der Waals surface area (Å²) in [5.74, 6) is -0.100. The number of aromatic nitrogens is 1. The number of hydrogen-bond donors (Lipinski definition) is 0. The van der Waals surface area contributed by atoms with Crippen LogP contribution in [0.2, 0.25) is 0 Å². The maximum Gasteiger partial charge on any atom is 0.410 e. The molecule has 0 aromatic carbocycles. The highest BCUT2D eigenvalue weighted by molar-refractivity contribution is 5.92. The normalized spacial score (nSPS) is 14.7. The largest absolute Gasteiger partial charge is 0.444 e. The lowest BCUT2D eigenvalue weighted by atomic mass is 9.94. The topological polar surface area (TPSA) is 62.7 Å². The van der Waals surface area contributed by atoms with Crippen LogP contribution in [0.1, 0.15) is 54.5 Å². The molecule has 1 aromatic heterocycles. The Morgan fingerprint density at radius 1 is 1.23 bits per heavy atom. The van der Waals surface area contributed by atoms with Crippen LogP contribution < -0.4 is 0 Å². The molecule has 0 aliphatic carbocycles. The molecule has 0 saturated carbocycles. The van der Waals surface area contributed by atoms with E-state index in [1.165, 1.54) is 4.90 Å². The second kappa shape index (κ2) is 7.48. The third kappa shape index (κ3) is 4.62. The van der Waals surface area contributed by atoms with Crippen LogP contribution in [-0.2, 0) is 4.74 Å². The smallest absolute Gasteiger partial charge is 0.410 e. The zero-order valence-electron chi connectivity index (χ0n) is 16.8. The van der Waals surface area contributed by atoms with Gasteiger partial charge in [0.15, 0.2) is 0 Å². The number of carbonyl (C=O) groups excluding carboxylic acids is 2. The van der Waals surface area contributed by atoms with Crippen LogP contribution in [0.3, 0.4) is 0 Å². The van der Waals surface area contributed by atoms with Gasteiger partial charge in [-0.25, -0.2) is 9.78 Å². The van der Waals surface area contributed by atoms with Crippen molar-refractivity contribution in [3.05, 3.63) is 34.7 Å². The Kier molecular flexibility index (Phi) is 5.74. The molecule has 142 valence electrons. The van der Waals surface area contributed by atoms with E-state index >= 15 is 0 Å². The van der Waals surface area contributed by atoms with Crippen molar-refractivity contribution < 1.29 is 14.3 Å². The lowest BCUT2D eigenvalue weighted by Crippen LogP contribution is -2.39. The van der Waals surface area contributed by atoms with Crippen LogP contribution in [0.4, 0.5) is 4.79 Å². The lowest BCUT2D eigenvalue weighted by molar-refractivity contribution is 0.0270. The first kappa shape index (κ1) is 19.9. The summed E-state index contributed by atoms with van der Waals surface area (Å²) in [6, 6.07) is 1.84.